The second kappa shape index (κ2) is 6.10. The standard InChI is InChI=1S/C16H18N2O2/c1-17(2)13-8-10-18(11-9-13)12-15(19)14-6-4-5-7-16(14)20-3/h4-12H,1-3H3/b15-12+. The molecule has 1 aromatic carbocycles. The lowest BCUT2D eigenvalue weighted by molar-refractivity contribution is -0.569. The summed E-state index contributed by atoms with van der Waals surface area (Å²) in [6.07, 6.45) is 5.24. The molecule has 4 heteroatoms. The highest BCUT2D eigenvalue weighted by atomic mass is 16.5. The Morgan fingerprint density at radius 2 is 1.80 bits per heavy atom. The fraction of sp³-hybridized carbons (Fsp3) is 0.188. The van der Waals surface area contributed by atoms with Gasteiger partial charge in [-0.05, 0) is 11.8 Å². The number of para-hydroxylation sites is 1. The molecule has 1 aromatic heterocycles. The van der Waals surface area contributed by atoms with E-state index in [4.69, 9.17) is 4.74 Å². The number of pyridine rings is 1. The SMILES string of the molecule is COc1ccccc1/C([O-])=C\[n+]1ccc(N(C)C)cc1. The molecule has 104 valence electrons. The first-order valence-electron chi connectivity index (χ1n) is 6.32. The maximum absolute atomic E-state index is 12.2. The zero-order chi connectivity index (χ0) is 14.5. The van der Waals surface area contributed by atoms with Crippen molar-refractivity contribution in [3.05, 3.63) is 54.4 Å². The number of hydrogen-bond acceptors (Lipinski definition) is 3. The molecule has 0 bridgehead atoms. The van der Waals surface area contributed by atoms with Gasteiger partial charge in [0.1, 0.15) is 5.75 Å². The third-order valence-corrected chi connectivity index (χ3v) is 2.99. The third-order valence-electron chi connectivity index (χ3n) is 2.99. The number of ether oxygens (including phenoxy) is 1. The number of rotatable bonds is 4. The van der Waals surface area contributed by atoms with Crippen molar-refractivity contribution < 1.29 is 14.4 Å². The summed E-state index contributed by atoms with van der Waals surface area (Å²) in [6.45, 7) is 0. The van der Waals surface area contributed by atoms with Crippen molar-refractivity contribution in [3.8, 4) is 5.75 Å². The van der Waals surface area contributed by atoms with E-state index >= 15 is 0 Å². The Balaban J connectivity index is 2.30. The molecule has 0 aliphatic carbocycles. The minimum Gasteiger partial charge on any atom is -0.868 e. The molecule has 2 rings (SSSR count). The summed E-state index contributed by atoms with van der Waals surface area (Å²) in [4.78, 5) is 2.01. The molecule has 20 heavy (non-hydrogen) atoms. The van der Waals surface area contributed by atoms with Gasteiger partial charge in [-0.1, -0.05) is 18.2 Å². The normalized spacial score (nSPS) is 11.2. The highest BCUT2D eigenvalue weighted by Crippen LogP contribution is 2.21. The molecular formula is C16H18N2O2. The van der Waals surface area contributed by atoms with Crippen molar-refractivity contribution in [1.82, 2.24) is 0 Å². The van der Waals surface area contributed by atoms with Crippen LogP contribution in [0.5, 0.6) is 5.75 Å². The molecule has 4 nitrogen and oxygen atoms in total. The molecule has 1 heterocycles. The zero-order valence-corrected chi connectivity index (χ0v) is 11.9. The van der Waals surface area contributed by atoms with Gasteiger partial charge in [0.2, 0.25) is 0 Å². The number of hydrogen-bond donors (Lipinski definition) is 0. The highest BCUT2D eigenvalue weighted by Gasteiger charge is 2.04. The molecule has 0 radical (unpaired) electrons. The van der Waals surface area contributed by atoms with Gasteiger partial charge in [-0.25, -0.2) is 0 Å². The van der Waals surface area contributed by atoms with Crippen molar-refractivity contribution in [2.45, 2.75) is 0 Å². The lowest BCUT2D eigenvalue weighted by Crippen LogP contribution is -2.27. The highest BCUT2D eigenvalue weighted by molar-refractivity contribution is 5.69. The summed E-state index contributed by atoms with van der Waals surface area (Å²) >= 11 is 0. The third kappa shape index (κ3) is 3.09. The minimum atomic E-state index is -0.0925. The molecule has 0 atom stereocenters. The Morgan fingerprint density at radius 1 is 1.15 bits per heavy atom. The van der Waals surface area contributed by atoms with Crippen LogP contribution in [0.1, 0.15) is 5.56 Å². The number of benzene rings is 1. The molecule has 0 aliphatic heterocycles. The van der Waals surface area contributed by atoms with Gasteiger partial charge in [-0.2, -0.15) is 4.57 Å². The number of anilines is 1. The van der Waals surface area contributed by atoms with E-state index < -0.39 is 0 Å². The topological polar surface area (TPSA) is 39.4 Å². The molecule has 0 unspecified atom stereocenters. The second-order valence-corrected chi connectivity index (χ2v) is 4.59. The maximum Gasteiger partial charge on any atom is 0.176 e. The molecule has 0 saturated carbocycles. The molecule has 0 spiro atoms. The quantitative estimate of drug-likeness (QED) is 0.622. The predicted molar refractivity (Wildman–Crippen MR) is 78.1 cm³/mol. The van der Waals surface area contributed by atoms with Gasteiger partial charge >= 0.3 is 0 Å². The van der Waals surface area contributed by atoms with E-state index in [1.807, 2.05) is 55.7 Å². The Morgan fingerprint density at radius 3 is 2.40 bits per heavy atom. The Bertz CT molecular complexity index is 604. The van der Waals surface area contributed by atoms with Gasteiger partial charge in [0.15, 0.2) is 18.6 Å². The van der Waals surface area contributed by atoms with E-state index in [-0.39, 0.29) is 5.76 Å². The lowest BCUT2D eigenvalue weighted by atomic mass is 10.1. The van der Waals surface area contributed by atoms with Crippen LogP contribution >= 0.6 is 0 Å². The Labute approximate surface area is 119 Å². The first-order chi connectivity index (χ1) is 9.61. The number of methoxy groups -OCH3 is 1. The van der Waals surface area contributed by atoms with Crippen LogP contribution in [0.4, 0.5) is 5.69 Å². The van der Waals surface area contributed by atoms with Crippen LogP contribution in [0.25, 0.3) is 12.0 Å². The summed E-state index contributed by atoms with van der Waals surface area (Å²) in [6, 6.07) is 11.1. The summed E-state index contributed by atoms with van der Waals surface area (Å²) in [5.41, 5.74) is 1.64. The number of nitrogens with zero attached hydrogens (tertiary/aromatic N) is 2. The van der Waals surface area contributed by atoms with Crippen LogP contribution < -0.4 is 19.3 Å². The average Bonchev–Trinajstić information content (AvgIpc) is 2.47. The van der Waals surface area contributed by atoms with E-state index in [9.17, 15) is 5.11 Å². The van der Waals surface area contributed by atoms with Gasteiger partial charge in [-0.3, -0.25) is 0 Å². The van der Waals surface area contributed by atoms with Gasteiger partial charge in [0.25, 0.3) is 0 Å². The molecule has 2 aromatic rings. The predicted octanol–water partition coefficient (Wildman–Crippen LogP) is 1.36. The van der Waals surface area contributed by atoms with E-state index in [0.717, 1.165) is 5.69 Å². The second-order valence-electron chi connectivity index (χ2n) is 4.59. The molecule has 0 N–H and O–H groups in total. The average molecular weight is 270 g/mol. The van der Waals surface area contributed by atoms with Crippen LogP contribution in [0.3, 0.4) is 0 Å². The molecule has 0 aliphatic rings. The largest absolute Gasteiger partial charge is 0.868 e. The van der Waals surface area contributed by atoms with Crippen LogP contribution in [0, 0.1) is 0 Å². The van der Waals surface area contributed by atoms with Crippen molar-refractivity contribution in [1.29, 1.82) is 0 Å². The first-order valence-corrected chi connectivity index (χ1v) is 6.32. The van der Waals surface area contributed by atoms with Crippen LogP contribution in [-0.4, -0.2) is 21.2 Å². The van der Waals surface area contributed by atoms with Crippen molar-refractivity contribution in [2.75, 3.05) is 26.1 Å². The first kappa shape index (κ1) is 13.9. The molecule has 0 fully saturated rings. The minimum absolute atomic E-state index is 0.0925. The van der Waals surface area contributed by atoms with E-state index in [1.54, 1.807) is 23.8 Å². The van der Waals surface area contributed by atoms with E-state index in [2.05, 4.69) is 0 Å². The summed E-state index contributed by atoms with van der Waals surface area (Å²) in [5.74, 6) is 0.490. The van der Waals surface area contributed by atoms with Gasteiger partial charge in [0.05, 0.1) is 7.11 Å². The van der Waals surface area contributed by atoms with Crippen molar-refractivity contribution in [3.63, 3.8) is 0 Å². The van der Waals surface area contributed by atoms with Gasteiger partial charge in [0, 0.05) is 37.5 Å². The summed E-state index contributed by atoms with van der Waals surface area (Å²) in [5, 5.41) is 12.2. The molecular weight excluding hydrogens is 252 g/mol. The summed E-state index contributed by atoms with van der Waals surface area (Å²) < 4.78 is 6.94. The molecule has 0 saturated heterocycles. The van der Waals surface area contributed by atoms with Crippen molar-refractivity contribution >= 4 is 17.6 Å². The van der Waals surface area contributed by atoms with Gasteiger partial charge in [-0.15, -0.1) is 0 Å². The van der Waals surface area contributed by atoms with Crippen LogP contribution in [-0.2, 0) is 0 Å². The van der Waals surface area contributed by atoms with E-state index in [0.29, 0.717) is 11.3 Å². The Kier molecular flexibility index (Phi) is 4.25. The lowest BCUT2D eigenvalue weighted by Gasteiger charge is -2.13. The maximum atomic E-state index is 12.2. The van der Waals surface area contributed by atoms with Crippen LogP contribution in [0.15, 0.2) is 48.8 Å². The summed E-state index contributed by atoms with van der Waals surface area (Å²) in [7, 11) is 5.51. The number of aromatic nitrogens is 1. The fourth-order valence-electron chi connectivity index (χ4n) is 1.87. The monoisotopic (exact) mass is 270 g/mol. The van der Waals surface area contributed by atoms with Gasteiger partial charge < -0.3 is 14.7 Å². The van der Waals surface area contributed by atoms with E-state index in [1.165, 1.54) is 6.20 Å². The zero-order valence-electron chi connectivity index (χ0n) is 11.9. The fourth-order valence-corrected chi connectivity index (χ4v) is 1.87. The Hall–Kier alpha value is -2.49. The smallest absolute Gasteiger partial charge is 0.176 e. The van der Waals surface area contributed by atoms with Crippen LogP contribution in [0.2, 0.25) is 0 Å². The van der Waals surface area contributed by atoms with Crippen molar-refractivity contribution in [2.24, 2.45) is 0 Å². The molecule has 0 amide bonds.